The van der Waals surface area contributed by atoms with E-state index in [4.69, 9.17) is 15.8 Å². The summed E-state index contributed by atoms with van der Waals surface area (Å²) in [6, 6.07) is 3.13. The number of urea groups is 1. The highest BCUT2D eigenvalue weighted by atomic mass is 32.2. The van der Waals surface area contributed by atoms with Crippen LogP contribution in [-0.4, -0.2) is 73.0 Å². The van der Waals surface area contributed by atoms with Gasteiger partial charge in [0, 0.05) is 38.7 Å². The van der Waals surface area contributed by atoms with Crippen LogP contribution < -0.4 is 16.0 Å². The number of primary amides is 1. The zero-order valence-electron chi connectivity index (χ0n) is 27.4. The van der Waals surface area contributed by atoms with Crippen molar-refractivity contribution >= 4 is 39.5 Å². The number of carbonyl (C=O) groups is 3. The summed E-state index contributed by atoms with van der Waals surface area (Å²) < 4.78 is 28.0. The van der Waals surface area contributed by atoms with Crippen LogP contribution in [0.3, 0.4) is 0 Å². The van der Waals surface area contributed by atoms with E-state index in [9.17, 15) is 22.8 Å². The van der Waals surface area contributed by atoms with Gasteiger partial charge in [-0.05, 0) is 74.8 Å². The van der Waals surface area contributed by atoms with Crippen molar-refractivity contribution < 1.29 is 27.9 Å². The van der Waals surface area contributed by atoms with Gasteiger partial charge < -0.3 is 16.2 Å². The van der Waals surface area contributed by atoms with Crippen LogP contribution in [-0.2, 0) is 26.0 Å². The van der Waals surface area contributed by atoms with Gasteiger partial charge in [-0.15, -0.1) is 0 Å². The molecular formula is C33H53N5O6S. The first kappa shape index (κ1) is 36.5. The molecule has 0 radical (unpaired) electrons. The van der Waals surface area contributed by atoms with Gasteiger partial charge in [-0.2, -0.15) is 0 Å². The van der Waals surface area contributed by atoms with Crippen LogP contribution in [0, 0.1) is 13.8 Å². The fourth-order valence-electron chi connectivity index (χ4n) is 6.38. The number of benzene rings is 1. The lowest BCUT2D eigenvalue weighted by Gasteiger charge is -2.34. The number of amides is 3. The third kappa shape index (κ3) is 10.8. The smallest absolute Gasteiger partial charge is 0.318 e. The molecule has 0 unspecified atom stereocenters. The number of sulfonamides is 1. The Kier molecular flexibility index (Phi) is 13.8. The number of piperidine rings is 1. The van der Waals surface area contributed by atoms with Gasteiger partial charge >= 0.3 is 12.0 Å². The number of anilines is 1. The molecule has 1 saturated heterocycles. The number of amidine groups is 1. The van der Waals surface area contributed by atoms with Crippen molar-refractivity contribution in [2.24, 2.45) is 10.7 Å². The number of aliphatic carboxylic acids is 1. The number of hydrogen-bond acceptors (Lipinski definition) is 6. The topological polar surface area (TPSA) is 162 Å². The fourth-order valence-corrected chi connectivity index (χ4v) is 7.84. The number of unbranched alkanes of at least 4 members (excludes halogenated alkanes) is 10. The van der Waals surface area contributed by atoms with Crippen molar-refractivity contribution in [1.82, 2.24) is 9.62 Å². The lowest BCUT2D eigenvalue weighted by molar-refractivity contribution is -0.137. The van der Waals surface area contributed by atoms with Crippen LogP contribution >= 0.6 is 0 Å². The third-order valence-electron chi connectivity index (χ3n) is 9.29. The molecular weight excluding hydrogens is 594 g/mol. The van der Waals surface area contributed by atoms with E-state index in [2.05, 4.69) is 5.32 Å². The number of hydrogen-bond donors (Lipinski definition) is 3. The van der Waals surface area contributed by atoms with Gasteiger partial charge in [0.1, 0.15) is 11.4 Å². The minimum Gasteiger partial charge on any atom is -0.481 e. The minimum absolute atomic E-state index is 0.0258. The Hall–Kier alpha value is -2.99. The maximum atomic E-state index is 13.3. The Morgan fingerprint density at radius 3 is 1.96 bits per heavy atom. The molecule has 3 rings (SSSR count). The highest BCUT2D eigenvalue weighted by Gasteiger charge is 2.47. The van der Waals surface area contributed by atoms with Crippen LogP contribution in [0.5, 0.6) is 0 Å². The van der Waals surface area contributed by atoms with Crippen molar-refractivity contribution in [1.29, 1.82) is 0 Å². The number of rotatable bonds is 19. The monoisotopic (exact) mass is 647 g/mol. The second-order valence-corrected chi connectivity index (χ2v) is 14.8. The minimum atomic E-state index is -3.52. The maximum absolute atomic E-state index is 13.3. The maximum Gasteiger partial charge on any atom is 0.318 e. The standard InChI is InChI=1S/C33H53N5O6S/c1-25-23-27(37(3)32(34)42)24-26(2)28(25)17-22-45(43,44)38-20-18-33(19-21-38)31(41)35-29(36-33)15-13-11-9-7-5-4-6-8-10-12-14-16-30(39)40/h23-24H,4-22H2,1-3H3,(H2,34,42)(H,39,40)(H,35,36,41). The van der Waals surface area contributed by atoms with Crippen LogP contribution in [0.15, 0.2) is 17.1 Å². The first-order valence-electron chi connectivity index (χ1n) is 16.6. The van der Waals surface area contributed by atoms with E-state index in [1.54, 1.807) is 7.05 Å². The first-order chi connectivity index (χ1) is 21.3. The number of carboxylic acids is 1. The Morgan fingerprint density at radius 2 is 1.44 bits per heavy atom. The Morgan fingerprint density at radius 1 is 0.933 bits per heavy atom. The summed E-state index contributed by atoms with van der Waals surface area (Å²) in [6.45, 7) is 4.36. The second-order valence-electron chi connectivity index (χ2n) is 12.7. The molecule has 1 spiro atoms. The summed E-state index contributed by atoms with van der Waals surface area (Å²) in [5, 5.41) is 11.6. The molecule has 3 amide bonds. The van der Waals surface area contributed by atoms with Crippen molar-refractivity contribution in [3.05, 3.63) is 28.8 Å². The molecule has 11 nitrogen and oxygen atoms in total. The van der Waals surface area contributed by atoms with E-state index in [0.717, 1.165) is 67.5 Å². The largest absolute Gasteiger partial charge is 0.481 e. The van der Waals surface area contributed by atoms with Crippen molar-refractivity contribution in [2.75, 3.05) is 30.8 Å². The van der Waals surface area contributed by atoms with Crippen LogP contribution in [0.1, 0.15) is 113 Å². The highest BCUT2D eigenvalue weighted by molar-refractivity contribution is 7.89. The third-order valence-corrected chi connectivity index (χ3v) is 11.2. The van der Waals surface area contributed by atoms with E-state index >= 15 is 0 Å². The number of aryl methyl sites for hydroxylation is 2. The summed E-state index contributed by atoms with van der Waals surface area (Å²) in [5.41, 5.74) is 7.97. The quantitative estimate of drug-likeness (QED) is 0.175. The summed E-state index contributed by atoms with van der Waals surface area (Å²) in [7, 11) is -1.92. The predicted octanol–water partition coefficient (Wildman–Crippen LogP) is 5.21. The van der Waals surface area contributed by atoms with Crippen LogP contribution in [0.25, 0.3) is 0 Å². The van der Waals surface area contributed by atoms with Crippen molar-refractivity contribution in [3.8, 4) is 0 Å². The fraction of sp³-hybridized carbons (Fsp3) is 0.697. The number of carbonyl (C=O) groups excluding carboxylic acids is 2. The Labute approximate surface area is 269 Å². The number of nitrogens with two attached hydrogens (primary N) is 1. The highest BCUT2D eigenvalue weighted by Crippen LogP contribution is 2.32. The summed E-state index contributed by atoms with van der Waals surface area (Å²) >= 11 is 0. The SMILES string of the molecule is Cc1cc(N(C)C(N)=O)cc(C)c1CCS(=O)(=O)N1CCC2(CC1)N=C(CCCCCCCCCCCCCC(=O)O)NC2=O. The summed E-state index contributed by atoms with van der Waals surface area (Å²) in [4.78, 5) is 41.1. The van der Waals surface area contributed by atoms with Crippen LogP contribution in [0.2, 0.25) is 0 Å². The molecule has 45 heavy (non-hydrogen) atoms. The van der Waals surface area contributed by atoms with Gasteiger partial charge in [0.25, 0.3) is 5.91 Å². The second kappa shape index (κ2) is 17.1. The molecule has 1 aromatic carbocycles. The summed E-state index contributed by atoms with van der Waals surface area (Å²) in [6.07, 6.45) is 14.3. The lowest BCUT2D eigenvalue weighted by atomic mass is 9.89. The van der Waals surface area contributed by atoms with E-state index in [1.165, 1.54) is 41.3 Å². The molecule has 2 aliphatic heterocycles. The normalized spacial score (nSPS) is 16.5. The lowest BCUT2D eigenvalue weighted by Crippen LogP contribution is -2.50. The molecule has 2 heterocycles. The van der Waals surface area contributed by atoms with Crippen molar-refractivity contribution in [2.45, 2.75) is 122 Å². The van der Waals surface area contributed by atoms with Gasteiger partial charge in [0.2, 0.25) is 10.0 Å². The van der Waals surface area contributed by atoms with Crippen LogP contribution in [0.4, 0.5) is 10.5 Å². The molecule has 0 aliphatic carbocycles. The van der Waals surface area contributed by atoms with Gasteiger partial charge in [0.15, 0.2) is 0 Å². The molecule has 252 valence electrons. The van der Waals surface area contributed by atoms with E-state index in [1.807, 2.05) is 26.0 Å². The molecule has 0 saturated carbocycles. The van der Waals surface area contributed by atoms with Gasteiger partial charge in [-0.1, -0.05) is 57.8 Å². The first-order valence-corrected chi connectivity index (χ1v) is 18.2. The predicted molar refractivity (Wildman–Crippen MR) is 178 cm³/mol. The molecule has 2 aliphatic rings. The molecule has 0 bridgehead atoms. The van der Waals surface area contributed by atoms with E-state index in [-0.39, 0.29) is 31.2 Å². The molecule has 1 fully saturated rings. The van der Waals surface area contributed by atoms with Gasteiger partial charge in [-0.25, -0.2) is 17.5 Å². The molecule has 4 N–H and O–H groups in total. The number of carboxylic acid groups (broad SMARTS) is 1. The van der Waals surface area contributed by atoms with E-state index < -0.39 is 27.6 Å². The summed E-state index contributed by atoms with van der Waals surface area (Å²) in [5.74, 6) is -0.108. The average Bonchev–Trinajstić information content (AvgIpc) is 3.28. The average molecular weight is 648 g/mol. The van der Waals surface area contributed by atoms with Gasteiger partial charge in [-0.3, -0.25) is 19.5 Å². The molecule has 1 aromatic rings. The number of aliphatic imine (C=N–C) groups is 1. The number of nitrogens with zero attached hydrogens (tertiary/aromatic N) is 3. The van der Waals surface area contributed by atoms with Gasteiger partial charge in [0.05, 0.1) is 5.75 Å². The Balaban J connectivity index is 1.36. The van der Waals surface area contributed by atoms with Crippen molar-refractivity contribution in [3.63, 3.8) is 0 Å². The Bertz CT molecular complexity index is 1300. The zero-order valence-corrected chi connectivity index (χ0v) is 28.2. The van der Waals surface area contributed by atoms with E-state index in [0.29, 0.717) is 24.9 Å². The molecule has 0 aromatic heterocycles. The zero-order chi connectivity index (χ0) is 33.0. The molecule has 0 atom stereocenters. The number of nitrogens with one attached hydrogen (secondary N) is 1. The molecule has 12 heteroatoms.